The number of aryl methyl sites for hydroxylation is 1. The van der Waals surface area contributed by atoms with Crippen molar-refractivity contribution < 1.29 is 23.8 Å². The average Bonchev–Trinajstić information content (AvgIpc) is 2.79. The van der Waals surface area contributed by atoms with E-state index in [0.717, 1.165) is 17.6 Å². The van der Waals surface area contributed by atoms with Crippen LogP contribution in [0.2, 0.25) is 0 Å². The summed E-state index contributed by atoms with van der Waals surface area (Å²) >= 11 is 0. The number of benzene rings is 2. The van der Waals surface area contributed by atoms with Crippen LogP contribution in [0.3, 0.4) is 0 Å². The van der Waals surface area contributed by atoms with Crippen LogP contribution in [-0.2, 0) is 12.0 Å². The maximum absolute atomic E-state index is 15.3. The van der Waals surface area contributed by atoms with Gasteiger partial charge in [0.15, 0.2) is 11.6 Å². The third-order valence-corrected chi connectivity index (χ3v) is 6.46. The lowest BCUT2D eigenvalue weighted by Crippen LogP contribution is -2.55. The number of carbonyl (C=O) groups is 2. The molecule has 1 aliphatic heterocycles. The molecule has 0 spiro atoms. The lowest BCUT2D eigenvalue weighted by molar-refractivity contribution is 0.0697. The van der Waals surface area contributed by atoms with Crippen LogP contribution in [0.25, 0.3) is 0 Å². The Kier molecular flexibility index (Phi) is 7.88. The molecule has 0 saturated carbocycles. The molecule has 2 aromatic rings. The van der Waals surface area contributed by atoms with Crippen LogP contribution >= 0.6 is 0 Å². The molecule has 0 unspecified atom stereocenters. The number of halogens is 1. The summed E-state index contributed by atoms with van der Waals surface area (Å²) in [6, 6.07) is 9.11. The number of carboxylic acid groups (broad SMARTS) is 1. The van der Waals surface area contributed by atoms with Crippen molar-refractivity contribution in [1.82, 2.24) is 5.32 Å². The molecule has 0 aromatic heterocycles. The first-order valence-corrected chi connectivity index (χ1v) is 12.1. The average molecular weight is 483 g/mol. The number of hydrogen-bond acceptors (Lipinski definition) is 3. The van der Waals surface area contributed by atoms with Crippen molar-refractivity contribution in [2.45, 2.75) is 59.9 Å². The first-order valence-electron chi connectivity index (χ1n) is 12.1. The fourth-order valence-corrected chi connectivity index (χ4v) is 4.35. The van der Waals surface area contributed by atoms with Gasteiger partial charge in [0.1, 0.15) is 0 Å². The Bertz CT molecular complexity index is 1120. The highest BCUT2D eigenvalue weighted by atomic mass is 19.1. The largest absolute Gasteiger partial charge is 0.490 e. The van der Waals surface area contributed by atoms with Crippen LogP contribution in [-0.4, -0.2) is 23.7 Å². The third-order valence-electron chi connectivity index (χ3n) is 6.46. The Balaban J connectivity index is 2.02. The summed E-state index contributed by atoms with van der Waals surface area (Å²) in [5.74, 6) is -0.695. The highest BCUT2D eigenvalue weighted by molar-refractivity contribution is 5.97. The normalized spacial score (nSPS) is 18.0. The van der Waals surface area contributed by atoms with E-state index in [1.807, 2.05) is 33.8 Å². The zero-order valence-corrected chi connectivity index (χ0v) is 21.3. The first-order chi connectivity index (χ1) is 16.5. The number of urea groups is 1. The summed E-state index contributed by atoms with van der Waals surface area (Å²) in [5, 5.41) is 12.2. The van der Waals surface area contributed by atoms with Gasteiger partial charge >= 0.3 is 12.0 Å². The fraction of sp³-hybridized carbons (Fsp3) is 0.429. The number of aromatic carboxylic acids is 1. The van der Waals surface area contributed by atoms with Gasteiger partial charge in [0.05, 0.1) is 23.4 Å². The van der Waals surface area contributed by atoms with Crippen molar-refractivity contribution in [1.29, 1.82) is 0 Å². The molecule has 188 valence electrons. The van der Waals surface area contributed by atoms with Gasteiger partial charge in [0, 0.05) is 6.20 Å². The Morgan fingerprint density at radius 1 is 1.17 bits per heavy atom. The van der Waals surface area contributed by atoms with Crippen LogP contribution < -0.4 is 15.0 Å². The molecule has 0 saturated heterocycles. The molecule has 7 heteroatoms. The monoisotopic (exact) mass is 482 g/mol. The fourth-order valence-electron chi connectivity index (χ4n) is 4.35. The van der Waals surface area contributed by atoms with Gasteiger partial charge in [-0.05, 0) is 84.7 Å². The topological polar surface area (TPSA) is 78.9 Å². The Labute approximate surface area is 206 Å². The summed E-state index contributed by atoms with van der Waals surface area (Å²) < 4.78 is 21.1. The highest BCUT2D eigenvalue weighted by Gasteiger charge is 2.41. The molecular formula is C28H35FN2O4. The summed E-state index contributed by atoms with van der Waals surface area (Å²) in [7, 11) is 0. The summed E-state index contributed by atoms with van der Waals surface area (Å²) in [6.45, 7) is 12.5. The molecule has 0 fully saturated rings. The maximum atomic E-state index is 15.3. The predicted molar refractivity (Wildman–Crippen MR) is 135 cm³/mol. The number of anilines is 1. The molecule has 0 bridgehead atoms. The van der Waals surface area contributed by atoms with E-state index >= 15 is 4.39 Å². The van der Waals surface area contributed by atoms with Crippen molar-refractivity contribution in [2.75, 3.05) is 11.5 Å². The second-order valence-corrected chi connectivity index (χ2v) is 9.85. The van der Waals surface area contributed by atoms with Crippen molar-refractivity contribution >= 4 is 17.7 Å². The lowest BCUT2D eigenvalue weighted by Gasteiger charge is -2.42. The number of carbonyl (C=O) groups excluding carboxylic acids is 1. The van der Waals surface area contributed by atoms with Gasteiger partial charge in [0.25, 0.3) is 0 Å². The van der Waals surface area contributed by atoms with E-state index < -0.39 is 17.3 Å². The number of rotatable bonds is 9. The molecule has 1 atom stereocenters. The quantitative estimate of drug-likeness (QED) is 0.428. The minimum atomic E-state index is -1.03. The summed E-state index contributed by atoms with van der Waals surface area (Å²) in [6.07, 6.45) is 3.20. The van der Waals surface area contributed by atoms with Gasteiger partial charge in [-0.1, -0.05) is 34.6 Å². The summed E-state index contributed by atoms with van der Waals surface area (Å²) in [4.78, 5) is 25.9. The first kappa shape index (κ1) is 26.3. The number of nitrogens with zero attached hydrogens (tertiary/aromatic N) is 1. The van der Waals surface area contributed by atoms with Gasteiger partial charge in [-0.3, -0.25) is 4.90 Å². The number of nitrogens with one attached hydrogen (secondary N) is 1. The molecule has 1 heterocycles. The lowest BCUT2D eigenvalue weighted by atomic mass is 9.77. The highest BCUT2D eigenvalue weighted by Crippen LogP contribution is 2.40. The maximum Gasteiger partial charge on any atom is 0.335 e. The predicted octanol–water partition coefficient (Wildman–Crippen LogP) is 6.50. The van der Waals surface area contributed by atoms with E-state index in [1.165, 1.54) is 23.1 Å². The smallest absolute Gasteiger partial charge is 0.335 e. The van der Waals surface area contributed by atoms with Crippen LogP contribution in [0.15, 0.2) is 48.2 Å². The number of carboxylic acids is 1. The SMILES string of the molecule is CCc1cc([C@]2(C)NC(=O)N(c3ccc(C(=O)O)cc3)C=C2C(C)C)cc(F)c1OCCC(C)C. The molecule has 6 nitrogen and oxygen atoms in total. The van der Waals surface area contributed by atoms with Gasteiger partial charge in [-0.25, -0.2) is 14.0 Å². The van der Waals surface area contributed by atoms with E-state index in [4.69, 9.17) is 9.84 Å². The van der Waals surface area contributed by atoms with Gasteiger partial charge in [-0.15, -0.1) is 0 Å². The van der Waals surface area contributed by atoms with Gasteiger partial charge < -0.3 is 15.2 Å². The van der Waals surface area contributed by atoms with E-state index in [1.54, 1.807) is 18.3 Å². The Hall–Kier alpha value is -3.35. The van der Waals surface area contributed by atoms with E-state index in [2.05, 4.69) is 19.2 Å². The number of ether oxygens (including phenoxy) is 1. The van der Waals surface area contributed by atoms with Crippen LogP contribution in [0.1, 0.15) is 69.4 Å². The van der Waals surface area contributed by atoms with Crippen molar-refractivity contribution in [3.8, 4) is 5.75 Å². The molecular weight excluding hydrogens is 447 g/mol. The molecule has 0 radical (unpaired) electrons. The van der Waals surface area contributed by atoms with E-state index in [0.29, 0.717) is 30.2 Å². The molecule has 35 heavy (non-hydrogen) atoms. The standard InChI is InChI=1S/C28H35FN2O4/c1-7-19-14-21(15-24(29)25(19)35-13-12-17(2)3)28(6)23(18(4)5)16-31(27(34)30-28)22-10-8-20(9-11-22)26(32)33/h8-11,14-18H,7,12-13H2,1-6H3,(H,30,34)(H,32,33)/t28-/m0/s1. The zero-order valence-electron chi connectivity index (χ0n) is 21.3. The zero-order chi connectivity index (χ0) is 25.9. The van der Waals surface area contributed by atoms with E-state index in [-0.39, 0.29) is 23.3 Å². The Morgan fingerprint density at radius 3 is 2.37 bits per heavy atom. The van der Waals surface area contributed by atoms with Gasteiger partial charge in [-0.2, -0.15) is 0 Å². The molecule has 2 aromatic carbocycles. The minimum Gasteiger partial charge on any atom is -0.490 e. The van der Waals surface area contributed by atoms with Crippen LogP contribution in [0.4, 0.5) is 14.9 Å². The number of amides is 2. The Morgan fingerprint density at radius 2 is 1.83 bits per heavy atom. The molecule has 3 rings (SSSR count). The number of hydrogen-bond donors (Lipinski definition) is 2. The molecule has 1 aliphatic rings. The summed E-state index contributed by atoms with van der Waals surface area (Å²) in [5.41, 5.74) is 2.06. The van der Waals surface area contributed by atoms with E-state index in [9.17, 15) is 9.59 Å². The minimum absolute atomic E-state index is 0.0384. The molecule has 2 N–H and O–H groups in total. The molecule has 2 amide bonds. The van der Waals surface area contributed by atoms with Crippen LogP contribution in [0, 0.1) is 17.7 Å². The van der Waals surface area contributed by atoms with Gasteiger partial charge in [0.2, 0.25) is 0 Å². The van der Waals surface area contributed by atoms with Crippen molar-refractivity contribution in [2.24, 2.45) is 11.8 Å². The second-order valence-electron chi connectivity index (χ2n) is 9.85. The van der Waals surface area contributed by atoms with Crippen molar-refractivity contribution in [3.63, 3.8) is 0 Å². The van der Waals surface area contributed by atoms with Crippen molar-refractivity contribution in [3.05, 3.63) is 70.7 Å². The molecule has 0 aliphatic carbocycles. The second kappa shape index (κ2) is 10.5. The third kappa shape index (κ3) is 5.50. The van der Waals surface area contributed by atoms with Crippen LogP contribution in [0.5, 0.6) is 5.75 Å².